The van der Waals surface area contributed by atoms with Crippen LogP contribution in [0, 0.1) is 0 Å². The van der Waals surface area contributed by atoms with Gasteiger partial charge in [-0.2, -0.15) is 0 Å². The van der Waals surface area contributed by atoms with Gasteiger partial charge in [0.05, 0.1) is 19.8 Å². The van der Waals surface area contributed by atoms with Gasteiger partial charge in [-0.05, 0) is 18.2 Å². The molecule has 17 heavy (non-hydrogen) atoms. The Bertz CT molecular complexity index is 586. The van der Waals surface area contributed by atoms with Gasteiger partial charge in [0.15, 0.2) is 0 Å². The molecule has 2 rings (SSSR count). The Hall–Kier alpha value is -2.37. The van der Waals surface area contributed by atoms with Crippen molar-refractivity contribution >= 4 is 5.82 Å². The smallest absolute Gasteiger partial charge is 0.274 e. The minimum Gasteiger partial charge on any atom is -0.497 e. The highest BCUT2D eigenvalue weighted by Crippen LogP contribution is 2.33. The number of nitrogens with two attached hydrogens (primary N) is 1. The highest BCUT2D eigenvalue weighted by Gasteiger charge is 2.15. The Labute approximate surface area is 97.3 Å². The number of benzene rings is 1. The molecule has 0 fully saturated rings. The first-order valence-electron chi connectivity index (χ1n) is 4.96. The largest absolute Gasteiger partial charge is 0.497 e. The highest BCUT2D eigenvalue weighted by molar-refractivity contribution is 5.78. The summed E-state index contributed by atoms with van der Waals surface area (Å²) in [6.07, 6.45) is 0. The van der Waals surface area contributed by atoms with E-state index in [2.05, 4.69) is 10.2 Å². The lowest BCUT2D eigenvalue weighted by Crippen LogP contribution is -2.04. The first-order chi connectivity index (χ1) is 8.17. The molecule has 0 bridgehead atoms. The lowest BCUT2D eigenvalue weighted by Gasteiger charge is -2.09. The SMILES string of the molecule is COc1ccc(OC)c(-c2c(N)[nH][nH]c2=O)c1. The van der Waals surface area contributed by atoms with Crippen molar-refractivity contribution in [1.82, 2.24) is 10.2 Å². The molecule has 0 aliphatic heterocycles. The summed E-state index contributed by atoms with van der Waals surface area (Å²) in [6.45, 7) is 0. The third-order valence-corrected chi connectivity index (χ3v) is 2.48. The zero-order valence-electron chi connectivity index (χ0n) is 9.53. The van der Waals surface area contributed by atoms with Crippen molar-refractivity contribution in [3.63, 3.8) is 0 Å². The predicted octanol–water partition coefficient (Wildman–Crippen LogP) is 0.969. The van der Waals surface area contributed by atoms with Crippen molar-refractivity contribution in [2.75, 3.05) is 20.0 Å². The summed E-state index contributed by atoms with van der Waals surface area (Å²) in [4.78, 5) is 11.6. The predicted molar refractivity (Wildman–Crippen MR) is 64.4 cm³/mol. The van der Waals surface area contributed by atoms with E-state index in [1.807, 2.05) is 0 Å². The van der Waals surface area contributed by atoms with Crippen LogP contribution in [0.3, 0.4) is 0 Å². The van der Waals surface area contributed by atoms with E-state index in [1.54, 1.807) is 25.3 Å². The monoisotopic (exact) mass is 235 g/mol. The topological polar surface area (TPSA) is 93.1 Å². The molecule has 90 valence electrons. The number of H-pyrrole nitrogens is 2. The van der Waals surface area contributed by atoms with Crippen LogP contribution in [0.1, 0.15) is 0 Å². The highest BCUT2D eigenvalue weighted by atomic mass is 16.5. The average molecular weight is 235 g/mol. The molecule has 1 aromatic carbocycles. The fourth-order valence-electron chi connectivity index (χ4n) is 1.65. The first kappa shape index (κ1) is 11.1. The van der Waals surface area contributed by atoms with Crippen LogP contribution in [0.15, 0.2) is 23.0 Å². The maximum atomic E-state index is 11.6. The maximum Gasteiger partial charge on any atom is 0.274 e. The second kappa shape index (κ2) is 4.25. The summed E-state index contributed by atoms with van der Waals surface area (Å²) < 4.78 is 10.3. The number of rotatable bonds is 3. The van der Waals surface area contributed by atoms with Crippen LogP contribution < -0.4 is 20.8 Å². The van der Waals surface area contributed by atoms with Crippen molar-refractivity contribution < 1.29 is 9.47 Å². The van der Waals surface area contributed by atoms with Gasteiger partial charge < -0.3 is 15.2 Å². The average Bonchev–Trinajstić information content (AvgIpc) is 2.68. The first-order valence-corrected chi connectivity index (χ1v) is 4.96. The van der Waals surface area contributed by atoms with Gasteiger partial charge >= 0.3 is 0 Å². The minimum absolute atomic E-state index is 0.265. The van der Waals surface area contributed by atoms with Gasteiger partial charge in [-0.25, -0.2) is 0 Å². The molecule has 2 aromatic rings. The summed E-state index contributed by atoms with van der Waals surface area (Å²) in [5.74, 6) is 1.45. The van der Waals surface area contributed by atoms with Crippen molar-refractivity contribution in [3.05, 3.63) is 28.6 Å². The van der Waals surface area contributed by atoms with Crippen molar-refractivity contribution in [1.29, 1.82) is 0 Å². The normalized spacial score (nSPS) is 10.2. The fraction of sp³-hybridized carbons (Fsp3) is 0.182. The molecule has 0 saturated heterocycles. The van der Waals surface area contributed by atoms with Crippen molar-refractivity contribution in [2.24, 2.45) is 0 Å². The summed E-state index contributed by atoms with van der Waals surface area (Å²) in [6, 6.07) is 5.17. The lowest BCUT2D eigenvalue weighted by atomic mass is 10.1. The van der Waals surface area contributed by atoms with E-state index in [0.29, 0.717) is 22.6 Å². The molecule has 0 spiro atoms. The summed E-state index contributed by atoms with van der Waals surface area (Å²) in [7, 11) is 3.08. The molecule has 0 aliphatic rings. The molecular weight excluding hydrogens is 222 g/mol. The summed E-state index contributed by atoms with van der Waals surface area (Å²) in [5, 5.41) is 4.99. The third-order valence-electron chi connectivity index (χ3n) is 2.48. The van der Waals surface area contributed by atoms with E-state index in [9.17, 15) is 4.79 Å². The van der Waals surface area contributed by atoms with Gasteiger partial charge in [-0.1, -0.05) is 0 Å². The molecule has 4 N–H and O–H groups in total. The molecule has 1 heterocycles. The van der Waals surface area contributed by atoms with Crippen LogP contribution in [0.2, 0.25) is 0 Å². The van der Waals surface area contributed by atoms with E-state index >= 15 is 0 Å². The van der Waals surface area contributed by atoms with E-state index < -0.39 is 0 Å². The standard InChI is InChI=1S/C11H13N3O3/c1-16-6-3-4-8(17-2)7(5-6)9-10(12)13-14-11(9)15/h3-5H,1-2H3,(H4,12,13,14,15). The quantitative estimate of drug-likeness (QED) is 0.739. The number of anilines is 1. The van der Waals surface area contributed by atoms with Crippen LogP contribution in [0.5, 0.6) is 11.5 Å². The number of hydrogen-bond donors (Lipinski definition) is 3. The number of hydrogen-bond acceptors (Lipinski definition) is 4. The molecule has 0 saturated carbocycles. The second-order valence-electron chi connectivity index (χ2n) is 3.43. The Morgan fingerprint density at radius 1 is 1.18 bits per heavy atom. The van der Waals surface area contributed by atoms with Gasteiger partial charge in [0, 0.05) is 5.56 Å². The van der Waals surface area contributed by atoms with Gasteiger partial charge in [-0.15, -0.1) is 0 Å². The van der Waals surface area contributed by atoms with Crippen LogP contribution in [-0.2, 0) is 0 Å². The van der Waals surface area contributed by atoms with Gasteiger partial charge in [0.1, 0.15) is 17.3 Å². The number of nitrogens with one attached hydrogen (secondary N) is 2. The molecular formula is C11H13N3O3. The number of aromatic amines is 2. The number of nitrogen functional groups attached to an aromatic ring is 1. The molecule has 6 heteroatoms. The Balaban J connectivity index is 2.68. The van der Waals surface area contributed by atoms with Crippen molar-refractivity contribution in [2.45, 2.75) is 0 Å². The molecule has 0 unspecified atom stereocenters. The van der Waals surface area contributed by atoms with Crippen LogP contribution >= 0.6 is 0 Å². The van der Waals surface area contributed by atoms with Crippen molar-refractivity contribution in [3.8, 4) is 22.6 Å². The Morgan fingerprint density at radius 2 is 1.94 bits per heavy atom. The molecule has 6 nitrogen and oxygen atoms in total. The van der Waals surface area contributed by atoms with Gasteiger partial charge in [-0.3, -0.25) is 15.0 Å². The molecule has 0 atom stereocenters. The molecule has 0 amide bonds. The van der Waals surface area contributed by atoms with E-state index in [-0.39, 0.29) is 11.4 Å². The van der Waals surface area contributed by atoms with Crippen LogP contribution in [0.25, 0.3) is 11.1 Å². The second-order valence-corrected chi connectivity index (χ2v) is 3.43. The summed E-state index contributed by atoms with van der Waals surface area (Å²) >= 11 is 0. The van der Waals surface area contributed by atoms with Crippen LogP contribution in [-0.4, -0.2) is 24.4 Å². The lowest BCUT2D eigenvalue weighted by molar-refractivity contribution is 0.404. The van der Waals surface area contributed by atoms with E-state index in [0.717, 1.165) is 0 Å². The molecule has 1 aromatic heterocycles. The van der Waals surface area contributed by atoms with E-state index in [1.165, 1.54) is 7.11 Å². The zero-order chi connectivity index (χ0) is 12.4. The Kier molecular flexibility index (Phi) is 2.78. The van der Waals surface area contributed by atoms with Crippen LogP contribution in [0.4, 0.5) is 5.82 Å². The number of methoxy groups -OCH3 is 2. The molecule has 0 aliphatic carbocycles. The summed E-state index contributed by atoms with van der Waals surface area (Å²) in [5.41, 5.74) is 6.35. The molecule has 0 radical (unpaired) electrons. The number of ether oxygens (including phenoxy) is 2. The third kappa shape index (κ3) is 1.84. The minimum atomic E-state index is -0.297. The van der Waals surface area contributed by atoms with Gasteiger partial charge in [0.2, 0.25) is 0 Å². The number of aromatic nitrogens is 2. The fourth-order valence-corrected chi connectivity index (χ4v) is 1.65. The van der Waals surface area contributed by atoms with Gasteiger partial charge in [0.25, 0.3) is 5.56 Å². The zero-order valence-corrected chi connectivity index (χ0v) is 9.53. The van der Waals surface area contributed by atoms with E-state index in [4.69, 9.17) is 15.2 Å². The Morgan fingerprint density at radius 3 is 2.47 bits per heavy atom. The maximum absolute atomic E-state index is 11.6.